The van der Waals surface area contributed by atoms with E-state index in [0.29, 0.717) is 0 Å². The van der Waals surface area contributed by atoms with Crippen LogP contribution in [0.25, 0.3) is 0 Å². The summed E-state index contributed by atoms with van der Waals surface area (Å²) in [5.41, 5.74) is 0. The Morgan fingerprint density at radius 3 is 1.40 bits per heavy atom. The summed E-state index contributed by atoms with van der Waals surface area (Å²) < 4.78 is 8.12. The Hall–Kier alpha value is 3.53. The van der Waals surface area contributed by atoms with E-state index in [2.05, 4.69) is 0 Å². The fraction of sp³-hybridized carbons (Fsp3) is 0. The van der Waals surface area contributed by atoms with Gasteiger partial charge in [-0.2, -0.15) is 0 Å². The van der Waals surface area contributed by atoms with Crippen molar-refractivity contribution in [3.05, 3.63) is 0 Å². The average molecular weight is 352 g/mol. The van der Waals surface area contributed by atoms with Crippen molar-refractivity contribution in [3.63, 3.8) is 0 Å². The largest absolute Gasteiger partial charge is 2.00 e. The summed E-state index contributed by atoms with van der Waals surface area (Å²) in [7, 11) is 0. The molecule has 0 spiro atoms. The molecule has 0 aromatic heterocycles. The van der Waals surface area contributed by atoms with Crippen molar-refractivity contribution in [1.82, 2.24) is 0 Å². The summed E-state index contributed by atoms with van der Waals surface area (Å²) in [6.07, 6.45) is 0. The van der Waals surface area contributed by atoms with E-state index in [-0.39, 0.29) is 101 Å². The molecule has 0 aromatic rings. The van der Waals surface area contributed by atoms with Crippen LogP contribution in [0.1, 0.15) is 2.85 Å². The molecule has 0 bridgehead atoms. The van der Waals surface area contributed by atoms with Gasteiger partial charge in [-0.05, 0) is 0 Å². The Morgan fingerprint density at radius 2 is 1.40 bits per heavy atom. The van der Waals surface area contributed by atoms with Gasteiger partial charge in [0.25, 0.3) is 0 Å². The van der Waals surface area contributed by atoms with Crippen LogP contribution in [0.15, 0.2) is 0 Å². The van der Waals surface area contributed by atoms with Crippen LogP contribution >= 0.6 is 0 Å². The molecular weight excluding hydrogens is 350 g/mol. The predicted octanol–water partition coefficient (Wildman–Crippen LogP) is -0.280. The molecule has 0 aliphatic carbocycles. The Labute approximate surface area is 118 Å². The fourth-order valence-corrected chi connectivity index (χ4v) is 0. The Balaban J connectivity index is -0.000000000500. The Kier molecular flexibility index (Phi) is 122. The third kappa shape index (κ3) is 18.5. The van der Waals surface area contributed by atoms with Gasteiger partial charge in [-0.1, -0.05) is 0 Å². The van der Waals surface area contributed by atoms with Gasteiger partial charge < -0.3 is 2.85 Å². The normalized spacial score (nSPS) is 0.800. The Bertz CT molecular complexity index is 17.7. The summed E-state index contributed by atoms with van der Waals surface area (Å²) in [5, 5.41) is 0. The zero-order valence-corrected chi connectivity index (χ0v) is 11.9. The molecule has 0 saturated heterocycles. The van der Waals surface area contributed by atoms with Gasteiger partial charge >= 0.3 is 65.5 Å². The second-order valence-corrected chi connectivity index (χ2v) is 0. The molecule has 0 N–H and O–H groups in total. The fourth-order valence-electron chi connectivity index (χ4n) is 0. The molecule has 5 heavy (non-hydrogen) atoms. The summed E-state index contributed by atoms with van der Waals surface area (Å²) in [5.74, 6) is 0. The second kappa shape index (κ2) is 25.8. The zero-order chi connectivity index (χ0) is 2.00. The monoisotopic (exact) mass is 353 g/mol. The maximum absolute atomic E-state index is 8.12. The minimum absolute atomic E-state index is 0. The van der Waals surface area contributed by atoms with Gasteiger partial charge in [-0.3, -0.25) is 0 Å². The van der Waals surface area contributed by atoms with E-state index in [1.54, 1.807) is 0 Å². The SMILES string of the molecule is [Fe].[H-].[H-].[La].[O]=[Cr].[Sr+2]. The summed E-state index contributed by atoms with van der Waals surface area (Å²) >= 11 is 1.38. The minimum Gasteiger partial charge on any atom is 2.00 e. The van der Waals surface area contributed by atoms with Crippen molar-refractivity contribution >= 4 is 45.5 Å². The van der Waals surface area contributed by atoms with Gasteiger partial charge in [0, 0.05) is 52.7 Å². The number of hydrogen-bond donors (Lipinski definition) is 0. The van der Waals surface area contributed by atoms with Crippen molar-refractivity contribution in [2.75, 3.05) is 0 Å². The smallest absolute Gasteiger partial charge is 2.00 e. The van der Waals surface area contributed by atoms with E-state index >= 15 is 0 Å². The topological polar surface area (TPSA) is 17.1 Å². The van der Waals surface area contributed by atoms with Crippen LogP contribution in [0.3, 0.4) is 0 Å². The molecule has 0 atom stereocenters. The van der Waals surface area contributed by atoms with E-state index in [9.17, 15) is 0 Å². The molecule has 0 amide bonds. The van der Waals surface area contributed by atoms with Crippen molar-refractivity contribution < 1.29 is 75.5 Å². The van der Waals surface area contributed by atoms with Crippen LogP contribution in [0.4, 0.5) is 0 Å². The molecule has 27 valence electrons. The minimum atomic E-state index is 0. The van der Waals surface area contributed by atoms with E-state index in [1.165, 1.54) is 16.2 Å². The van der Waals surface area contributed by atoms with E-state index in [0.717, 1.165) is 0 Å². The van der Waals surface area contributed by atoms with Crippen LogP contribution in [0.2, 0.25) is 0 Å². The maximum Gasteiger partial charge on any atom is 2.00 e. The van der Waals surface area contributed by atoms with E-state index in [1.807, 2.05) is 0 Å². The van der Waals surface area contributed by atoms with E-state index in [4.69, 9.17) is 3.80 Å². The molecule has 0 fully saturated rings. The quantitative estimate of drug-likeness (QED) is 0.548. The third-order valence-corrected chi connectivity index (χ3v) is 0. The van der Waals surface area contributed by atoms with E-state index < -0.39 is 0 Å². The molecule has 0 aliphatic heterocycles. The first-order valence-electron chi connectivity index (χ1n) is 0.167. The third-order valence-electron chi connectivity index (χ3n) is 0. The molecule has 1 radical (unpaired) electrons. The number of rotatable bonds is 0. The molecule has 0 aromatic carbocycles. The molecule has 0 unspecified atom stereocenters. The summed E-state index contributed by atoms with van der Waals surface area (Å²) in [6.45, 7) is 0. The zero-order valence-electron chi connectivity index (χ0n) is 4.45. The molecule has 1 nitrogen and oxygen atoms in total. The van der Waals surface area contributed by atoms with Crippen molar-refractivity contribution in [3.8, 4) is 0 Å². The van der Waals surface area contributed by atoms with Crippen molar-refractivity contribution in [1.29, 1.82) is 0 Å². The molecule has 0 heterocycles. The molecule has 0 rings (SSSR count). The first-order valence-corrected chi connectivity index (χ1v) is 0.687. The summed E-state index contributed by atoms with van der Waals surface area (Å²) in [4.78, 5) is 0. The first kappa shape index (κ1) is 23.6. The van der Waals surface area contributed by atoms with Crippen LogP contribution in [0, 0.1) is 35.6 Å². The molecular formula is H2CrFeLaOSr. The van der Waals surface area contributed by atoms with Crippen LogP contribution in [-0.4, -0.2) is 45.5 Å². The molecule has 0 aliphatic rings. The van der Waals surface area contributed by atoms with Crippen LogP contribution in [-0.2, 0) is 37.1 Å². The number of hydrogen-bond acceptors (Lipinski definition) is 1. The van der Waals surface area contributed by atoms with Gasteiger partial charge in [0.15, 0.2) is 0 Å². The molecule has 5 heteroatoms. The van der Waals surface area contributed by atoms with Crippen LogP contribution < -0.4 is 0 Å². The first-order chi connectivity index (χ1) is 1.00. The maximum atomic E-state index is 8.12. The van der Waals surface area contributed by atoms with Crippen molar-refractivity contribution in [2.24, 2.45) is 0 Å². The standard InChI is InChI=1S/Cr.Fe.La.O.Sr.2H/q;;;;+2;2*-1. The predicted molar refractivity (Wildman–Crippen MR) is 8.66 cm³/mol. The van der Waals surface area contributed by atoms with Gasteiger partial charge in [-0.15, -0.1) is 0 Å². The van der Waals surface area contributed by atoms with Gasteiger partial charge in [-0.25, -0.2) is 0 Å². The van der Waals surface area contributed by atoms with Gasteiger partial charge in [0.2, 0.25) is 0 Å². The average Bonchev–Trinajstić information content (AvgIpc) is 1.00. The van der Waals surface area contributed by atoms with Crippen molar-refractivity contribution in [2.45, 2.75) is 0 Å². The van der Waals surface area contributed by atoms with Crippen LogP contribution in [0.5, 0.6) is 0 Å². The van der Waals surface area contributed by atoms with Gasteiger partial charge in [0.1, 0.15) is 0 Å². The Morgan fingerprint density at radius 1 is 1.40 bits per heavy atom. The van der Waals surface area contributed by atoms with Gasteiger partial charge in [0.05, 0.1) is 0 Å². The second-order valence-electron chi connectivity index (χ2n) is 0. The molecule has 0 saturated carbocycles. The summed E-state index contributed by atoms with van der Waals surface area (Å²) in [6, 6.07) is 0.